The number of thiazole rings is 1. The Morgan fingerprint density at radius 2 is 2.08 bits per heavy atom. The lowest BCUT2D eigenvalue weighted by molar-refractivity contribution is -0.118. The van der Waals surface area contributed by atoms with E-state index in [1.54, 1.807) is 18.4 Å². The summed E-state index contributed by atoms with van der Waals surface area (Å²) < 4.78 is 10.6. The third-order valence-corrected chi connectivity index (χ3v) is 4.82. The molecule has 0 fully saturated rings. The van der Waals surface area contributed by atoms with Gasteiger partial charge in [0.05, 0.1) is 23.5 Å². The van der Waals surface area contributed by atoms with Gasteiger partial charge in [-0.05, 0) is 35.9 Å². The fourth-order valence-electron chi connectivity index (χ4n) is 2.69. The third kappa shape index (κ3) is 3.34. The van der Waals surface area contributed by atoms with Gasteiger partial charge in [-0.25, -0.2) is 4.98 Å². The van der Waals surface area contributed by atoms with Gasteiger partial charge in [-0.1, -0.05) is 12.1 Å². The van der Waals surface area contributed by atoms with Crippen LogP contribution in [-0.4, -0.2) is 24.6 Å². The number of hydrogen-bond donors (Lipinski definition) is 1. The number of methoxy groups -OCH3 is 1. The number of ether oxygens (including phenoxy) is 2. The molecule has 2 aromatic carbocycles. The van der Waals surface area contributed by atoms with Crippen LogP contribution in [0.3, 0.4) is 0 Å². The van der Waals surface area contributed by atoms with Crippen molar-refractivity contribution in [2.24, 2.45) is 0 Å². The lowest BCUT2D eigenvalue weighted by Crippen LogP contribution is -2.25. The number of rotatable bonds is 4. The van der Waals surface area contributed by atoms with Gasteiger partial charge >= 0.3 is 0 Å². The highest BCUT2D eigenvalue weighted by molar-refractivity contribution is 7.10. The van der Waals surface area contributed by atoms with E-state index in [1.807, 2.05) is 47.8 Å². The summed E-state index contributed by atoms with van der Waals surface area (Å²) in [5.41, 5.74) is 3.74. The number of aromatic nitrogens is 1. The highest BCUT2D eigenvalue weighted by Crippen LogP contribution is 2.33. The van der Waals surface area contributed by atoms with Gasteiger partial charge in [0.1, 0.15) is 11.5 Å². The summed E-state index contributed by atoms with van der Waals surface area (Å²) in [7, 11) is 1.66. The number of carbonyl (C=O) groups excluding carboxylic acids is 1. The van der Waals surface area contributed by atoms with Gasteiger partial charge in [0, 0.05) is 17.4 Å². The minimum absolute atomic E-state index is 0.0645. The van der Waals surface area contributed by atoms with E-state index in [1.165, 1.54) is 5.56 Å². The number of fused-ring (bicyclic) bond motifs is 1. The van der Waals surface area contributed by atoms with Crippen LogP contribution in [0, 0.1) is 0 Å². The average molecular weight is 352 g/mol. The Morgan fingerprint density at radius 3 is 2.88 bits per heavy atom. The molecular weight excluding hydrogens is 336 g/mol. The summed E-state index contributed by atoms with van der Waals surface area (Å²) in [6, 6.07) is 13.7. The SMILES string of the molecule is COc1ccc(Cc2nc(-c3ccc4c(c3)NC(=O)CO4)cs2)cc1. The number of anilines is 1. The number of hydrogen-bond acceptors (Lipinski definition) is 5. The zero-order valence-corrected chi connectivity index (χ0v) is 14.4. The van der Waals surface area contributed by atoms with Crippen molar-refractivity contribution in [2.75, 3.05) is 19.0 Å². The van der Waals surface area contributed by atoms with Gasteiger partial charge < -0.3 is 14.8 Å². The molecule has 0 unspecified atom stereocenters. The Bertz CT molecular complexity index is 919. The highest BCUT2D eigenvalue weighted by Gasteiger charge is 2.17. The lowest BCUT2D eigenvalue weighted by atomic mass is 10.1. The normalized spacial score (nSPS) is 12.9. The smallest absolute Gasteiger partial charge is 0.262 e. The third-order valence-electron chi connectivity index (χ3n) is 3.97. The van der Waals surface area contributed by atoms with Crippen LogP contribution in [0.15, 0.2) is 47.8 Å². The van der Waals surface area contributed by atoms with E-state index in [4.69, 9.17) is 14.5 Å². The largest absolute Gasteiger partial charge is 0.497 e. The number of nitrogens with zero attached hydrogens (tertiary/aromatic N) is 1. The molecule has 4 rings (SSSR count). The average Bonchev–Trinajstić information content (AvgIpc) is 3.10. The molecule has 0 bridgehead atoms. The predicted octanol–water partition coefficient (Wildman–Crippen LogP) is 3.74. The minimum atomic E-state index is -0.136. The second kappa shape index (κ2) is 6.57. The first-order chi connectivity index (χ1) is 12.2. The molecule has 1 aliphatic rings. The fraction of sp³-hybridized carbons (Fsp3) is 0.158. The van der Waals surface area contributed by atoms with Gasteiger partial charge in [-0.3, -0.25) is 4.79 Å². The summed E-state index contributed by atoms with van der Waals surface area (Å²) in [5.74, 6) is 1.40. The zero-order chi connectivity index (χ0) is 17.2. The van der Waals surface area contributed by atoms with E-state index >= 15 is 0 Å². The van der Waals surface area contributed by atoms with Gasteiger partial charge in [0.2, 0.25) is 0 Å². The maximum absolute atomic E-state index is 11.5. The van der Waals surface area contributed by atoms with E-state index in [-0.39, 0.29) is 12.5 Å². The molecule has 2 heterocycles. The molecule has 1 amide bonds. The van der Waals surface area contributed by atoms with Crippen LogP contribution in [0.25, 0.3) is 11.3 Å². The topological polar surface area (TPSA) is 60.5 Å². The molecule has 1 N–H and O–H groups in total. The Labute approximate surface area is 149 Å². The van der Waals surface area contributed by atoms with E-state index in [9.17, 15) is 4.79 Å². The summed E-state index contributed by atoms with van der Waals surface area (Å²) in [4.78, 5) is 16.2. The number of amides is 1. The Balaban J connectivity index is 1.54. The molecule has 5 nitrogen and oxygen atoms in total. The second-order valence-corrected chi connectivity index (χ2v) is 6.64. The molecule has 3 aromatic rings. The van der Waals surface area contributed by atoms with Gasteiger partial charge in [-0.2, -0.15) is 0 Å². The molecule has 0 saturated heterocycles. The molecule has 1 aliphatic heterocycles. The lowest BCUT2D eigenvalue weighted by Gasteiger charge is -2.18. The maximum Gasteiger partial charge on any atom is 0.262 e. The fourth-order valence-corrected chi connectivity index (χ4v) is 3.52. The van der Waals surface area contributed by atoms with Gasteiger partial charge in [-0.15, -0.1) is 11.3 Å². The molecule has 0 aliphatic carbocycles. The first kappa shape index (κ1) is 15.7. The number of benzene rings is 2. The van der Waals surface area contributed by atoms with Crippen molar-refractivity contribution in [3.8, 4) is 22.8 Å². The van der Waals surface area contributed by atoms with Crippen molar-refractivity contribution in [2.45, 2.75) is 6.42 Å². The summed E-state index contributed by atoms with van der Waals surface area (Å²) in [5, 5.41) is 5.90. The van der Waals surface area contributed by atoms with Gasteiger partial charge in [0.25, 0.3) is 5.91 Å². The van der Waals surface area contributed by atoms with E-state index in [2.05, 4.69) is 5.32 Å². The van der Waals surface area contributed by atoms with Crippen LogP contribution in [0.5, 0.6) is 11.5 Å². The van der Waals surface area contributed by atoms with E-state index < -0.39 is 0 Å². The zero-order valence-electron chi connectivity index (χ0n) is 13.6. The predicted molar refractivity (Wildman–Crippen MR) is 97.5 cm³/mol. The molecular formula is C19H16N2O3S. The molecule has 126 valence electrons. The van der Waals surface area contributed by atoms with Crippen LogP contribution in [0.4, 0.5) is 5.69 Å². The maximum atomic E-state index is 11.5. The molecule has 0 radical (unpaired) electrons. The summed E-state index contributed by atoms with van der Waals surface area (Å²) in [6.07, 6.45) is 0.777. The van der Waals surface area contributed by atoms with E-state index in [0.717, 1.165) is 28.4 Å². The standard InChI is InChI=1S/C19H16N2O3S/c1-23-14-5-2-12(3-6-14)8-19-21-16(11-25-19)13-4-7-17-15(9-13)20-18(22)10-24-17/h2-7,9,11H,8,10H2,1H3,(H,20,22). The molecule has 1 aromatic heterocycles. The molecule has 0 atom stereocenters. The first-order valence-corrected chi connectivity index (χ1v) is 8.73. The number of carbonyl (C=O) groups is 1. The summed E-state index contributed by atoms with van der Waals surface area (Å²) >= 11 is 1.63. The van der Waals surface area contributed by atoms with Crippen molar-refractivity contribution in [1.82, 2.24) is 4.98 Å². The minimum Gasteiger partial charge on any atom is -0.497 e. The van der Waals surface area contributed by atoms with Crippen LogP contribution in [0.1, 0.15) is 10.6 Å². The van der Waals surface area contributed by atoms with Crippen molar-refractivity contribution >= 4 is 22.9 Å². The first-order valence-electron chi connectivity index (χ1n) is 7.86. The molecule has 0 spiro atoms. The van der Waals surface area contributed by atoms with Crippen molar-refractivity contribution in [1.29, 1.82) is 0 Å². The monoisotopic (exact) mass is 352 g/mol. The van der Waals surface area contributed by atoms with Crippen LogP contribution >= 0.6 is 11.3 Å². The molecule has 25 heavy (non-hydrogen) atoms. The Morgan fingerprint density at radius 1 is 1.24 bits per heavy atom. The van der Waals surface area contributed by atoms with Crippen LogP contribution < -0.4 is 14.8 Å². The van der Waals surface area contributed by atoms with Crippen molar-refractivity contribution in [3.63, 3.8) is 0 Å². The number of nitrogens with one attached hydrogen (secondary N) is 1. The second-order valence-electron chi connectivity index (χ2n) is 5.70. The van der Waals surface area contributed by atoms with E-state index in [0.29, 0.717) is 11.4 Å². The van der Waals surface area contributed by atoms with Crippen molar-refractivity contribution in [3.05, 3.63) is 58.4 Å². The summed E-state index contributed by atoms with van der Waals surface area (Å²) in [6.45, 7) is 0.0645. The Kier molecular flexibility index (Phi) is 4.11. The van der Waals surface area contributed by atoms with Crippen LogP contribution in [0.2, 0.25) is 0 Å². The quantitative estimate of drug-likeness (QED) is 0.777. The van der Waals surface area contributed by atoms with Crippen molar-refractivity contribution < 1.29 is 14.3 Å². The van der Waals surface area contributed by atoms with Crippen LogP contribution in [-0.2, 0) is 11.2 Å². The Hall–Kier alpha value is -2.86. The molecule has 6 heteroatoms. The highest BCUT2D eigenvalue weighted by atomic mass is 32.1. The molecule has 0 saturated carbocycles. The van der Waals surface area contributed by atoms with Gasteiger partial charge in [0.15, 0.2) is 6.61 Å².